The van der Waals surface area contributed by atoms with Gasteiger partial charge in [0.15, 0.2) is 11.4 Å². The van der Waals surface area contributed by atoms with Gasteiger partial charge in [-0.15, -0.1) is 0 Å². The standard InChI is InChI=1S/C6H4N2O6S/c9-1-7-3-4(8-2-10)6(12)15(13,14)5(3)11/h11-14H. The van der Waals surface area contributed by atoms with Crippen molar-refractivity contribution in [1.82, 2.24) is 0 Å². The van der Waals surface area contributed by atoms with Gasteiger partial charge in [0.05, 0.1) is 0 Å². The molecule has 9 heteroatoms. The van der Waals surface area contributed by atoms with Crippen molar-refractivity contribution in [1.29, 1.82) is 0 Å². The summed E-state index contributed by atoms with van der Waals surface area (Å²) in [4.78, 5) is 25.6. The predicted molar refractivity (Wildman–Crippen MR) is 48.4 cm³/mol. The zero-order chi connectivity index (χ0) is 11.6. The molecule has 1 rings (SSSR count). The Bertz CT molecular complexity index is 424. The highest BCUT2D eigenvalue weighted by atomic mass is 32.3. The monoisotopic (exact) mass is 232 g/mol. The van der Waals surface area contributed by atoms with E-state index in [1.807, 2.05) is 0 Å². The van der Waals surface area contributed by atoms with Crippen molar-refractivity contribution < 1.29 is 28.9 Å². The van der Waals surface area contributed by atoms with Gasteiger partial charge in [-0.1, -0.05) is 10.6 Å². The number of rotatable bonds is 2. The lowest BCUT2D eigenvalue weighted by atomic mass is 10.4. The number of aliphatic hydroxyl groups excluding tert-OH is 2. The molecule has 0 aromatic rings. The second-order valence-corrected chi connectivity index (χ2v) is 4.13. The molecule has 1 aliphatic rings. The molecule has 15 heavy (non-hydrogen) atoms. The van der Waals surface area contributed by atoms with Crippen LogP contribution in [0.2, 0.25) is 0 Å². The molecule has 0 fully saturated rings. The third-order valence-corrected chi connectivity index (χ3v) is 2.95. The van der Waals surface area contributed by atoms with E-state index in [1.54, 1.807) is 0 Å². The molecule has 0 aromatic carbocycles. The van der Waals surface area contributed by atoms with E-state index in [1.165, 1.54) is 0 Å². The molecular weight excluding hydrogens is 228 g/mol. The smallest absolute Gasteiger partial charge is 0.241 e. The summed E-state index contributed by atoms with van der Waals surface area (Å²) in [5, 5.41) is 16.1. The summed E-state index contributed by atoms with van der Waals surface area (Å²) < 4.78 is 18.3. The van der Waals surface area contributed by atoms with E-state index in [0.717, 1.165) is 12.2 Å². The van der Waals surface area contributed by atoms with Gasteiger partial charge in [-0.05, 0) is 0 Å². The first-order chi connectivity index (χ1) is 6.96. The molecule has 0 aliphatic carbocycles. The highest BCUT2D eigenvalue weighted by molar-refractivity contribution is 8.30. The summed E-state index contributed by atoms with van der Waals surface area (Å²) in [5.41, 5.74) is -1.43. The second-order valence-electron chi connectivity index (χ2n) is 2.26. The molecule has 1 heterocycles. The molecule has 8 nitrogen and oxygen atoms in total. The Balaban J connectivity index is 3.51. The lowest BCUT2D eigenvalue weighted by Crippen LogP contribution is -1.99. The first kappa shape index (κ1) is 11.2. The first-order valence-corrected chi connectivity index (χ1v) is 4.82. The quantitative estimate of drug-likeness (QED) is 0.411. The van der Waals surface area contributed by atoms with Gasteiger partial charge in [-0.3, -0.25) is 9.11 Å². The van der Waals surface area contributed by atoms with Gasteiger partial charge < -0.3 is 10.2 Å². The van der Waals surface area contributed by atoms with Crippen LogP contribution >= 0.6 is 10.6 Å². The minimum atomic E-state index is -4.02. The van der Waals surface area contributed by atoms with Crippen molar-refractivity contribution in [3.05, 3.63) is 21.6 Å². The number of hydrogen-bond acceptors (Lipinski definition) is 8. The molecule has 0 amide bonds. The number of nitrogens with zero attached hydrogens (tertiary/aromatic N) is 2. The largest absolute Gasteiger partial charge is 0.493 e. The molecule has 0 bridgehead atoms. The number of aliphatic hydroxyl groups is 2. The van der Waals surface area contributed by atoms with Crippen LogP contribution in [0.5, 0.6) is 0 Å². The fourth-order valence-corrected chi connectivity index (χ4v) is 1.86. The third-order valence-electron chi connectivity index (χ3n) is 1.48. The van der Waals surface area contributed by atoms with Crippen LogP contribution in [0, 0.1) is 0 Å². The van der Waals surface area contributed by atoms with Crippen molar-refractivity contribution in [3.8, 4) is 0 Å². The number of hydrogen-bond donors (Lipinski definition) is 4. The van der Waals surface area contributed by atoms with Gasteiger partial charge in [0.2, 0.25) is 22.3 Å². The van der Waals surface area contributed by atoms with Crippen molar-refractivity contribution >= 4 is 22.7 Å². The van der Waals surface area contributed by atoms with Gasteiger partial charge in [-0.25, -0.2) is 9.59 Å². The Kier molecular flexibility index (Phi) is 2.76. The van der Waals surface area contributed by atoms with Crippen LogP contribution in [-0.4, -0.2) is 31.5 Å². The number of aliphatic imine (C=N–C) groups is 2. The topological polar surface area (TPSA) is 140 Å². The molecule has 0 aromatic heterocycles. The summed E-state index contributed by atoms with van der Waals surface area (Å²) in [6.07, 6.45) is 2.00. The maximum absolute atomic E-state index is 9.94. The van der Waals surface area contributed by atoms with Crippen LogP contribution in [0.1, 0.15) is 0 Å². The summed E-state index contributed by atoms with van der Waals surface area (Å²) in [6, 6.07) is 0. The number of isocyanates is 2. The predicted octanol–water partition coefficient (Wildman–Crippen LogP) is 0.876. The van der Waals surface area contributed by atoms with Crippen LogP contribution in [0.4, 0.5) is 0 Å². The van der Waals surface area contributed by atoms with Crippen LogP contribution < -0.4 is 0 Å². The van der Waals surface area contributed by atoms with Gasteiger partial charge >= 0.3 is 0 Å². The molecule has 4 N–H and O–H groups in total. The molecule has 0 spiro atoms. The van der Waals surface area contributed by atoms with Gasteiger partial charge in [0, 0.05) is 0 Å². The van der Waals surface area contributed by atoms with E-state index in [2.05, 4.69) is 9.98 Å². The van der Waals surface area contributed by atoms with E-state index in [9.17, 15) is 9.59 Å². The molecule has 1 aliphatic heterocycles. The van der Waals surface area contributed by atoms with Gasteiger partial charge in [0.1, 0.15) is 0 Å². The van der Waals surface area contributed by atoms with E-state index >= 15 is 0 Å². The summed E-state index contributed by atoms with van der Waals surface area (Å²) in [5.74, 6) is 0. The van der Waals surface area contributed by atoms with Crippen molar-refractivity contribution in [2.75, 3.05) is 0 Å². The van der Waals surface area contributed by atoms with E-state index in [4.69, 9.17) is 19.3 Å². The minimum absolute atomic E-state index is 0.717. The fourth-order valence-electron chi connectivity index (χ4n) is 0.857. The van der Waals surface area contributed by atoms with Crippen molar-refractivity contribution in [2.45, 2.75) is 0 Å². The average molecular weight is 232 g/mol. The summed E-state index contributed by atoms with van der Waals surface area (Å²) in [7, 11) is -4.02. The highest BCUT2D eigenvalue weighted by Crippen LogP contribution is 2.60. The van der Waals surface area contributed by atoms with Gasteiger partial charge in [0.25, 0.3) is 0 Å². The van der Waals surface area contributed by atoms with E-state index < -0.39 is 32.2 Å². The zero-order valence-electron chi connectivity index (χ0n) is 6.91. The molecule has 0 unspecified atom stereocenters. The zero-order valence-corrected chi connectivity index (χ0v) is 7.72. The Hall–Kier alpha value is -1.89. The Morgan fingerprint density at radius 1 is 0.933 bits per heavy atom. The molecule has 80 valence electrons. The van der Waals surface area contributed by atoms with Crippen LogP contribution in [0.25, 0.3) is 0 Å². The molecular formula is C6H4N2O6S. The van der Waals surface area contributed by atoms with Crippen LogP contribution in [0.3, 0.4) is 0 Å². The van der Waals surface area contributed by atoms with Crippen LogP contribution in [-0.2, 0) is 9.59 Å². The normalized spacial score (nSPS) is 20.7. The molecule has 0 radical (unpaired) electrons. The summed E-state index contributed by atoms with van der Waals surface area (Å²) >= 11 is 0. The molecule has 0 atom stereocenters. The Morgan fingerprint density at radius 2 is 1.27 bits per heavy atom. The molecule has 0 saturated carbocycles. The number of carbonyl (C=O) groups excluding carboxylic acids is 2. The highest BCUT2D eigenvalue weighted by Gasteiger charge is 2.40. The maximum Gasteiger partial charge on any atom is 0.241 e. The SMILES string of the molecule is O=C=NC1=C(O)S(O)(O)C(O)=C1N=C=O. The summed E-state index contributed by atoms with van der Waals surface area (Å²) in [6.45, 7) is 0. The fraction of sp³-hybridized carbons (Fsp3) is 0. The van der Waals surface area contributed by atoms with Crippen LogP contribution in [0.15, 0.2) is 31.6 Å². The Morgan fingerprint density at radius 3 is 1.53 bits per heavy atom. The van der Waals surface area contributed by atoms with E-state index in [-0.39, 0.29) is 0 Å². The van der Waals surface area contributed by atoms with E-state index in [0.29, 0.717) is 0 Å². The van der Waals surface area contributed by atoms with Crippen molar-refractivity contribution in [3.63, 3.8) is 0 Å². The first-order valence-electron chi connectivity index (χ1n) is 3.27. The average Bonchev–Trinajstić information content (AvgIpc) is 2.33. The van der Waals surface area contributed by atoms with Gasteiger partial charge in [-0.2, -0.15) is 9.98 Å². The van der Waals surface area contributed by atoms with Crippen molar-refractivity contribution in [2.24, 2.45) is 9.98 Å². The third kappa shape index (κ3) is 1.57. The Labute approximate surface area is 83.9 Å². The molecule has 0 saturated heterocycles. The minimum Gasteiger partial charge on any atom is -0.493 e. The maximum atomic E-state index is 9.94. The lowest BCUT2D eigenvalue weighted by molar-refractivity contribution is 0.380. The second kappa shape index (κ2) is 3.70. The lowest BCUT2D eigenvalue weighted by Gasteiger charge is -2.24.